The standard InChI is InChI=1S/C14H20N2O4/c15-9-5-4-8-14(16,12(17)18)13(19)20-10-11-6-2-1-3-7-11/h1-3,6-7H,4-5,8-10,15-16H2,(H,17,18)/t14-/m0/s1. The molecule has 0 aliphatic rings. The van der Waals surface area contributed by atoms with Gasteiger partial charge in [-0.3, -0.25) is 0 Å². The Balaban J connectivity index is 2.62. The molecule has 0 bridgehead atoms. The van der Waals surface area contributed by atoms with Crippen molar-refractivity contribution in [1.82, 2.24) is 0 Å². The smallest absolute Gasteiger partial charge is 0.338 e. The minimum atomic E-state index is -2.01. The average Bonchev–Trinajstić information content (AvgIpc) is 2.45. The number of nitrogens with two attached hydrogens (primary N) is 2. The van der Waals surface area contributed by atoms with Crippen molar-refractivity contribution in [2.75, 3.05) is 6.54 Å². The van der Waals surface area contributed by atoms with Crippen molar-refractivity contribution in [3.63, 3.8) is 0 Å². The summed E-state index contributed by atoms with van der Waals surface area (Å²) in [5.74, 6) is -2.31. The maximum absolute atomic E-state index is 11.9. The second-order valence-corrected chi connectivity index (χ2v) is 4.58. The van der Waals surface area contributed by atoms with Gasteiger partial charge in [0.05, 0.1) is 0 Å². The van der Waals surface area contributed by atoms with E-state index in [9.17, 15) is 9.59 Å². The highest BCUT2D eigenvalue weighted by atomic mass is 16.5. The summed E-state index contributed by atoms with van der Waals surface area (Å²) in [6.45, 7) is 0.428. The van der Waals surface area contributed by atoms with Crippen LogP contribution in [-0.2, 0) is 20.9 Å². The SMILES string of the molecule is NCCCC[C@](N)(C(=O)O)C(=O)OCc1ccccc1. The molecule has 0 amide bonds. The molecule has 1 aromatic rings. The van der Waals surface area contributed by atoms with Gasteiger partial charge in [-0.05, 0) is 31.4 Å². The second-order valence-electron chi connectivity index (χ2n) is 4.58. The Kier molecular flexibility index (Phi) is 6.14. The van der Waals surface area contributed by atoms with E-state index in [1.807, 2.05) is 6.07 Å². The summed E-state index contributed by atoms with van der Waals surface area (Å²) in [5.41, 5.74) is 9.78. The van der Waals surface area contributed by atoms with E-state index in [1.165, 1.54) is 0 Å². The molecule has 6 heteroatoms. The number of benzene rings is 1. The number of ether oxygens (including phenoxy) is 1. The van der Waals surface area contributed by atoms with Crippen LogP contribution in [0.4, 0.5) is 0 Å². The molecule has 0 unspecified atom stereocenters. The van der Waals surface area contributed by atoms with Gasteiger partial charge in [-0.1, -0.05) is 30.3 Å². The van der Waals surface area contributed by atoms with Crippen molar-refractivity contribution in [3.05, 3.63) is 35.9 Å². The fourth-order valence-electron chi connectivity index (χ4n) is 1.70. The van der Waals surface area contributed by atoms with Gasteiger partial charge in [-0.15, -0.1) is 0 Å². The molecule has 5 N–H and O–H groups in total. The summed E-state index contributed by atoms with van der Waals surface area (Å²) >= 11 is 0. The topological polar surface area (TPSA) is 116 Å². The van der Waals surface area contributed by atoms with E-state index >= 15 is 0 Å². The quantitative estimate of drug-likeness (QED) is 0.365. The summed E-state index contributed by atoms with van der Waals surface area (Å²) in [7, 11) is 0. The zero-order valence-corrected chi connectivity index (χ0v) is 11.2. The van der Waals surface area contributed by atoms with Gasteiger partial charge in [-0.2, -0.15) is 0 Å². The molecule has 110 valence electrons. The van der Waals surface area contributed by atoms with Gasteiger partial charge in [0, 0.05) is 0 Å². The molecule has 0 fully saturated rings. The molecule has 6 nitrogen and oxygen atoms in total. The second kappa shape index (κ2) is 7.62. The molecule has 0 saturated heterocycles. The minimum absolute atomic E-state index is 0.00277. The Bertz CT molecular complexity index is 450. The Morgan fingerprint density at radius 1 is 1.20 bits per heavy atom. The Labute approximate surface area is 117 Å². The average molecular weight is 280 g/mol. The predicted molar refractivity (Wildman–Crippen MR) is 73.7 cm³/mol. The van der Waals surface area contributed by atoms with Gasteiger partial charge in [0.2, 0.25) is 5.54 Å². The first-order valence-electron chi connectivity index (χ1n) is 6.44. The van der Waals surface area contributed by atoms with E-state index < -0.39 is 17.5 Å². The molecular weight excluding hydrogens is 260 g/mol. The lowest BCUT2D eigenvalue weighted by Gasteiger charge is -2.22. The molecule has 1 atom stereocenters. The number of carboxylic acid groups (broad SMARTS) is 1. The van der Waals surface area contributed by atoms with Crippen LogP contribution < -0.4 is 11.5 Å². The molecule has 0 saturated carbocycles. The number of carbonyl (C=O) groups excluding carboxylic acids is 1. The molecule has 0 spiro atoms. The van der Waals surface area contributed by atoms with Crippen molar-refractivity contribution in [2.45, 2.75) is 31.4 Å². The van der Waals surface area contributed by atoms with Crippen LogP contribution in [0.2, 0.25) is 0 Å². The van der Waals surface area contributed by atoms with Gasteiger partial charge in [0.1, 0.15) is 6.61 Å². The number of carboxylic acids is 1. The predicted octanol–water partition coefficient (Wildman–Crippen LogP) is 0.641. The van der Waals surface area contributed by atoms with Crippen LogP contribution in [0.1, 0.15) is 24.8 Å². The number of rotatable bonds is 8. The van der Waals surface area contributed by atoms with E-state index in [2.05, 4.69) is 0 Å². The van der Waals surface area contributed by atoms with Crippen LogP contribution in [0.15, 0.2) is 30.3 Å². The van der Waals surface area contributed by atoms with Crippen LogP contribution in [0.25, 0.3) is 0 Å². The van der Waals surface area contributed by atoms with Crippen LogP contribution in [0.3, 0.4) is 0 Å². The summed E-state index contributed by atoms with van der Waals surface area (Å²) < 4.78 is 5.01. The van der Waals surface area contributed by atoms with Gasteiger partial charge in [0.15, 0.2) is 0 Å². The molecule has 0 aliphatic carbocycles. The number of esters is 1. The molecule has 0 aromatic heterocycles. The van der Waals surface area contributed by atoms with Crippen molar-refractivity contribution in [2.24, 2.45) is 11.5 Å². The highest BCUT2D eigenvalue weighted by molar-refractivity contribution is 6.03. The number of unbranched alkanes of at least 4 members (excludes halogenated alkanes) is 1. The molecule has 0 heterocycles. The molecule has 0 aliphatic heterocycles. The Hall–Kier alpha value is -1.92. The zero-order valence-electron chi connectivity index (χ0n) is 11.2. The first kappa shape index (κ1) is 16.1. The normalized spacial score (nSPS) is 13.5. The van der Waals surface area contributed by atoms with E-state index in [1.54, 1.807) is 24.3 Å². The van der Waals surface area contributed by atoms with Crippen LogP contribution >= 0.6 is 0 Å². The third kappa shape index (κ3) is 4.32. The lowest BCUT2D eigenvalue weighted by molar-refractivity contribution is -0.162. The van der Waals surface area contributed by atoms with Crippen molar-refractivity contribution >= 4 is 11.9 Å². The maximum atomic E-state index is 11.9. The fourth-order valence-corrected chi connectivity index (χ4v) is 1.70. The summed E-state index contributed by atoms with van der Waals surface area (Å²) in [4.78, 5) is 23.1. The Morgan fingerprint density at radius 3 is 2.40 bits per heavy atom. The number of hydrogen-bond donors (Lipinski definition) is 3. The summed E-state index contributed by atoms with van der Waals surface area (Å²) in [6, 6.07) is 9.00. The number of carbonyl (C=O) groups is 2. The monoisotopic (exact) mass is 280 g/mol. The maximum Gasteiger partial charge on any atom is 0.338 e. The summed E-state index contributed by atoms with van der Waals surface area (Å²) in [6.07, 6.45) is 1.07. The molecular formula is C14H20N2O4. The zero-order chi connectivity index (χ0) is 15.0. The minimum Gasteiger partial charge on any atom is -0.479 e. The van der Waals surface area contributed by atoms with E-state index in [0.717, 1.165) is 5.56 Å². The largest absolute Gasteiger partial charge is 0.479 e. The van der Waals surface area contributed by atoms with Gasteiger partial charge >= 0.3 is 11.9 Å². The van der Waals surface area contributed by atoms with E-state index in [-0.39, 0.29) is 13.0 Å². The Morgan fingerprint density at radius 2 is 1.85 bits per heavy atom. The fraction of sp³-hybridized carbons (Fsp3) is 0.429. The highest BCUT2D eigenvalue weighted by Crippen LogP contribution is 2.15. The third-order valence-electron chi connectivity index (χ3n) is 2.98. The van der Waals surface area contributed by atoms with Crippen molar-refractivity contribution in [1.29, 1.82) is 0 Å². The lowest BCUT2D eigenvalue weighted by Crippen LogP contribution is -2.55. The van der Waals surface area contributed by atoms with Crippen molar-refractivity contribution < 1.29 is 19.4 Å². The van der Waals surface area contributed by atoms with E-state index in [4.69, 9.17) is 21.3 Å². The van der Waals surface area contributed by atoms with Crippen molar-refractivity contribution in [3.8, 4) is 0 Å². The first-order chi connectivity index (χ1) is 9.50. The van der Waals surface area contributed by atoms with Crippen LogP contribution in [0, 0.1) is 0 Å². The lowest BCUT2D eigenvalue weighted by atomic mass is 9.94. The third-order valence-corrected chi connectivity index (χ3v) is 2.98. The van der Waals surface area contributed by atoms with Gasteiger partial charge < -0.3 is 21.3 Å². The van der Waals surface area contributed by atoms with Crippen LogP contribution in [0.5, 0.6) is 0 Å². The molecule has 1 rings (SSSR count). The van der Waals surface area contributed by atoms with Gasteiger partial charge in [0.25, 0.3) is 0 Å². The number of hydrogen-bond acceptors (Lipinski definition) is 5. The first-order valence-corrected chi connectivity index (χ1v) is 6.44. The highest BCUT2D eigenvalue weighted by Gasteiger charge is 2.43. The molecule has 1 aromatic carbocycles. The number of aliphatic carboxylic acids is 1. The summed E-state index contributed by atoms with van der Waals surface area (Å²) in [5, 5.41) is 9.14. The van der Waals surface area contributed by atoms with Gasteiger partial charge in [-0.25, -0.2) is 9.59 Å². The molecule has 20 heavy (non-hydrogen) atoms. The molecule has 0 radical (unpaired) electrons. The van der Waals surface area contributed by atoms with E-state index in [0.29, 0.717) is 19.4 Å². The van der Waals surface area contributed by atoms with Crippen LogP contribution in [-0.4, -0.2) is 29.1 Å².